The van der Waals surface area contributed by atoms with Crippen LogP contribution in [0.5, 0.6) is 0 Å². The second-order valence-electron chi connectivity index (χ2n) is 4.12. The fourth-order valence-corrected chi connectivity index (χ4v) is 2.32. The fourth-order valence-electron chi connectivity index (χ4n) is 2.15. The molecule has 1 unspecified atom stereocenters. The Morgan fingerprint density at radius 3 is 3.06 bits per heavy atom. The zero-order chi connectivity index (χ0) is 11.5. The smallest absolute Gasteiger partial charge is 0.0746 e. The first kappa shape index (κ1) is 11.6. The van der Waals surface area contributed by atoms with E-state index in [2.05, 4.69) is 4.90 Å². The van der Waals surface area contributed by atoms with Crippen LogP contribution in [0.2, 0.25) is 5.02 Å². The van der Waals surface area contributed by atoms with Crippen LogP contribution < -0.4 is 10.6 Å². The quantitative estimate of drug-likeness (QED) is 0.808. The number of piperidine rings is 1. The first-order valence-corrected chi connectivity index (χ1v) is 5.92. The Hall–Kier alpha value is -0.930. The summed E-state index contributed by atoms with van der Waals surface area (Å²) in [5, 5.41) is 0.622. The molecular weight excluding hydrogens is 224 g/mol. The van der Waals surface area contributed by atoms with E-state index in [1.54, 1.807) is 7.11 Å². The summed E-state index contributed by atoms with van der Waals surface area (Å²) in [4.78, 5) is 2.25. The summed E-state index contributed by atoms with van der Waals surface area (Å²) in [6.45, 7) is 1.91. The lowest BCUT2D eigenvalue weighted by atomic mass is 10.1. The number of hydrogen-bond donors (Lipinski definition) is 1. The van der Waals surface area contributed by atoms with E-state index >= 15 is 0 Å². The van der Waals surface area contributed by atoms with Gasteiger partial charge < -0.3 is 15.4 Å². The van der Waals surface area contributed by atoms with Gasteiger partial charge in [-0.1, -0.05) is 17.7 Å². The molecule has 1 heterocycles. The molecule has 16 heavy (non-hydrogen) atoms. The predicted molar refractivity (Wildman–Crippen MR) is 68.1 cm³/mol. The molecule has 2 N–H and O–H groups in total. The summed E-state index contributed by atoms with van der Waals surface area (Å²) >= 11 is 6.02. The molecule has 1 atom stereocenters. The Bertz CT molecular complexity index is 370. The monoisotopic (exact) mass is 240 g/mol. The van der Waals surface area contributed by atoms with Crippen LogP contribution in [0, 0.1) is 0 Å². The lowest BCUT2D eigenvalue weighted by Gasteiger charge is -2.34. The molecule has 1 saturated heterocycles. The molecular formula is C12H17ClN2O. The van der Waals surface area contributed by atoms with Gasteiger partial charge in [0.1, 0.15) is 0 Å². The Morgan fingerprint density at radius 2 is 2.31 bits per heavy atom. The molecule has 4 heteroatoms. The number of benzene rings is 1. The number of ether oxygens (including phenoxy) is 1. The minimum absolute atomic E-state index is 0.298. The van der Waals surface area contributed by atoms with Gasteiger partial charge in [-0.3, -0.25) is 0 Å². The third-order valence-electron chi connectivity index (χ3n) is 3.08. The Morgan fingerprint density at radius 1 is 1.50 bits per heavy atom. The van der Waals surface area contributed by atoms with E-state index in [4.69, 9.17) is 22.1 Å². The second-order valence-corrected chi connectivity index (χ2v) is 4.53. The highest BCUT2D eigenvalue weighted by molar-refractivity contribution is 6.33. The van der Waals surface area contributed by atoms with E-state index < -0.39 is 0 Å². The Kier molecular flexibility index (Phi) is 3.56. The predicted octanol–water partition coefficient (Wildman–Crippen LogP) is 2.54. The van der Waals surface area contributed by atoms with Gasteiger partial charge >= 0.3 is 0 Å². The Labute approximate surface area is 101 Å². The first-order chi connectivity index (χ1) is 7.72. The van der Waals surface area contributed by atoms with Crippen molar-refractivity contribution in [1.29, 1.82) is 0 Å². The highest BCUT2D eigenvalue weighted by Gasteiger charge is 2.21. The van der Waals surface area contributed by atoms with E-state index in [1.165, 1.54) is 0 Å². The summed E-state index contributed by atoms with van der Waals surface area (Å²) in [5.41, 5.74) is 7.68. The average Bonchev–Trinajstić information content (AvgIpc) is 2.33. The van der Waals surface area contributed by atoms with Crippen molar-refractivity contribution in [1.82, 2.24) is 0 Å². The molecule has 0 spiro atoms. The van der Waals surface area contributed by atoms with Crippen molar-refractivity contribution < 1.29 is 4.74 Å². The van der Waals surface area contributed by atoms with Crippen LogP contribution in [0.25, 0.3) is 0 Å². The van der Waals surface area contributed by atoms with Gasteiger partial charge in [0.2, 0.25) is 0 Å². The Balaban J connectivity index is 2.20. The highest BCUT2D eigenvalue weighted by atomic mass is 35.5. The van der Waals surface area contributed by atoms with Gasteiger partial charge in [0.25, 0.3) is 0 Å². The summed E-state index contributed by atoms with van der Waals surface area (Å²) in [6, 6.07) is 5.77. The van der Waals surface area contributed by atoms with Crippen LogP contribution in [0.15, 0.2) is 18.2 Å². The van der Waals surface area contributed by atoms with Crippen LogP contribution in [0.1, 0.15) is 12.8 Å². The summed E-state index contributed by atoms with van der Waals surface area (Å²) < 4.78 is 5.40. The van der Waals surface area contributed by atoms with Gasteiger partial charge in [-0.2, -0.15) is 0 Å². The molecule has 1 aliphatic heterocycles. The summed E-state index contributed by atoms with van der Waals surface area (Å²) in [7, 11) is 1.76. The maximum absolute atomic E-state index is 6.02. The normalized spacial score (nSPS) is 21.1. The summed E-state index contributed by atoms with van der Waals surface area (Å²) in [5.74, 6) is 0. The highest BCUT2D eigenvalue weighted by Crippen LogP contribution is 2.31. The van der Waals surface area contributed by atoms with Gasteiger partial charge in [-0.25, -0.2) is 0 Å². The number of hydrogen-bond acceptors (Lipinski definition) is 3. The topological polar surface area (TPSA) is 38.5 Å². The number of halogens is 1. The molecule has 1 aromatic rings. The van der Waals surface area contributed by atoms with Crippen molar-refractivity contribution in [2.45, 2.75) is 18.9 Å². The molecule has 0 saturated carbocycles. The van der Waals surface area contributed by atoms with Gasteiger partial charge in [-0.05, 0) is 25.0 Å². The minimum Gasteiger partial charge on any atom is -0.396 e. The lowest BCUT2D eigenvalue weighted by molar-refractivity contribution is 0.0894. The second kappa shape index (κ2) is 4.93. The molecule has 1 aromatic carbocycles. The number of rotatable bonds is 2. The van der Waals surface area contributed by atoms with Crippen LogP contribution in [0.4, 0.5) is 11.4 Å². The van der Waals surface area contributed by atoms with Crippen LogP contribution in [-0.2, 0) is 4.74 Å². The van der Waals surface area contributed by atoms with Gasteiger partial charge in [0, 0.05) is 20.2 Å². The largest absolute Gasteiger partial charge is 0.396 e. The molecule has 0 amide bonds. The molecule has 0 aromatic heterocycles. The molecule has 1 aliphatic rings. The minimum atomic E-state index is 0.298. The van der Waals surface area contributed by atoms with Crippen molar-refractivity contribution in [3.63, 3.8) is 0 Å². The van der Waals surface area contributed by atoms with E-state index in [9.17, 15) is 0 Å². The van der Waals surface area contributed by atoms with Gasteiger partial charge in [-0.15, -0.1) is 0 Å². The number of nitrogens with two attached hydrogens (primary N) is 1. The van der Waals surface area contributed by atoms with Crippen molar-refractivity contribution in [2.24, 2.45) is 0 Å². The summed E-state index contributed by atoms with van der Waals surface area (Å²) in [6.07, 6.45) is 2.55. The maximum Gasteiger partial charge on any atom is 0.0746 e. The third-order valence-corrected chi connectivity index (χ3v) is 3.41. The van der Waals surface area contributed by atoms with Gasteiger partial charge in [0.15, 0.2) is 0 Å². The molecule has 88 valence electrons. The van der Waals surface area contributed by atoms with E-state index in [0.29, 0.717) is 16.8 Å². The van der Waals surface area contributed by atoms with Gasteiger partial charge in [0.05, 0.1) is 22.5 Å². The van der Waals surface area contributed by atoms with E-state index in [1.807, 2.05) is 18.2 Å². The van der Waals surface area contributed by atoms with Crippen molar-refractivity contribution in [3.05, 3.63) is 23.2 Å². The molecule has 0 aliphatic carbocycles. The molecule has 1 fully saturated rings. The van der Waals surface area contributed by atoms with Crippen LogP contribution in [0.3, 0.4) is 0 Å². The average molecular weight is 241 g/mol. The van der Waals surface area contributed by atoms with E-state index in [-0.39, 0.29) is 0 Å². The number of nitrogen functional groups attached to an aromatic ring is 1. The number of para-hydroxylation sites is 1. The van der Waals surface area contributed by atoms with Crippen molar-refractivity contribution in [2.75, 3.05) is 30.8 Å². The molecule has 0 bridgehead atoms. The molecule has 0 radical (unpaired) electrons. The SMILES string of the molecule is COC1CCCN(c2cccc(Cl)c2N)C1. The number of nitrogens with zero attached hydrogens (tertiary/aromatic N) is 1. The van der Waals surface area contributed by atoms with Crippen molar-refractivity contribution in [3.8, 4) is 0 Å². The third kappa shape index (κ3) is 2.25. The molecule has 2 rings (SSSR count). The van der Waals surface area contributed by atoms with Crippen LogP contribution >= 0.6 is 11.6 Å². The lowest BCUT2D eigenvalue weighted by Crippen LogP contribution is -2.39. The zero-order valence-electron chi connectivity index (χ0n) is 9.45. The first-order valence-electron chi connectivity index (χ1n) is 5.54. The van der Waals surface area contributed by atoms with Crippen LogP contribution in [-0.4, -0.2) is 26.3 Å². The maximum atomic E-state index is 6.02. The molecule has 3 nitrogen and oxygen atoms in total. The van der Waals surface area contributed by atoms with E-state index in [0.717, 1.165) is 31.6 Å². The fraction of sp³-hybridized carbons (Fsp3) is 0.500. The standard InChI is InChI=1S/C12H17ClN2O/c1-16-9-4-3-7-15(8-9)11-6-2-5-10(13)12(11)14/h2,5-6,9H,3-4,7-8,14H2,1H3. The number of methoxy groups -OCH3 is 1. The zero-order valence-corrected chi connectivity index (χ0v) is 10.2. The number of anilines is 2. The van der Waals surface area contributed by atoms with Crippen molar-refractivity contribution >= 4 is 23.0 Å².